The van der Waals surface area contributed by atoms with Gasteiger partial charge in [-0.05, 0) is 11.4 Å². The summed E-state index contributed by atoms with van der Waals surface area (Å²) in [4.78, 5) is 0. The lowest BCUT2D eigenvalue weighted by atomic mass is 10.5. The zero-order valence-corrected chi connectivity index (χ0v) is 8.49. The minimum absolute atomic E-state index is 0.343. The molecule has 2 nitrogen and oxygen atoms in total. The quantitative estimate of drug-likeness (QED) is 0.730. The van der Waals surface area contributed by atoms with Crippen molar-refractivity contribution in [2.75, 3.05) is 13.2 Å². The van der Waals surface area contributed by atoms with Crippen molar-refractivity contribution in [2.24, 2.45) is 0 Å². The van der Waals surface area contributed by atoms with Gasteiger partial charge in [-0.15, -0.1) is 22.7 Å². The Morgan fingerprint density at radius 3 is 3.31 bits per heavy atom. The van der Waals surface area contributed by atoms with Crippen molar-refractivity contribution in [1.82, 2.24) is 0 Å². The molecule has 1 aliphatic heterocycles. The van der Waals surface area contributed by atoms with Crippen LogP contribution in [0, 0.1) is 0 Å². The number of ether oxygens (including phenoxy) is 2. The van der Waals surface area contributed by atoms with E-state index in [1.54, 1.807) is 22.7 Å². The highest BCUT2D eigenvalue weighted by Crippen LogP contribution is 2.36. The zero-order valence-electron chi connectivity index (χ0n) is 6.86. The fourth-order valence-electron chi connectivity index (χ4n) is 1.19. The van der Waals surface area contributed by atoms with Crippen molar-refractivity contribution in [3.05, 3.63) is 16.8 Å². The van der Waals surface area contributed by atoms with Gasteiger partial charge < -0.3 is 9.47 Å². The summed E-state index contributed by atoms with van der Waals surface area (Å²) in [6.07, 6.45) is 0.343. The fraction of sp³-hybridized carbons (Fsp3) is 0.333. The van der Waals surface area contributed by atoms with Gasteiger partial charge in [0.05, 0.1) is 11.3 Å². The van der Waals surface area contributed by atoms with E-state index in [9.17, 15) is 0 Å². The van der Waals surface area contributed by atoms with Crippen molar-refractivity contribution >= 4 is 32.1 Å². The summed E-state index contributed by atoms with van der Waals surface area (Å²) >= 11 is 3.47. The highest BCUT2D eigenvalue weighted by Gasteiger charge is 2.23. The first-order valence-corrected chi connectivity index (χ1v) is 5.88. The molecule has 2 aromatic rings. The highest BCUT2D eigenvalue weighted by atomic mass is 32.1. The van der Waals surface area contributed by atoms with E-state index < -0.39 is 0 Å². The lowest BCUT2D eigenvalue weighted by Crippen LogP contribution is -2.02. The van der Waals surface area contributed by atoms with Gasteiger partial charge in [0.1, 0.15) is 18.5 Å². The van der Waals surface area contributed by atoms with Crippen molar-refractivity contribution in [3.8, 4) is 5.75 Å². The Hall–Kier alpha value is -0.580. The molecule has 13 heavy (non-hydrogen) atoms. The molecule has 0 aromatic carbocycles. The maximum absolute atomic E-state index is 5.64. The Labute approximate surface area is 83.7 Å². The van der Waals surface area contributed by atoms with E-state index in [-0.39, 0.29) is 0 Å². The number of epoxide rings is 1. The topological polar surface area (TPSA) is 21.8 Å². The van der Waals surface area contributed by atoms with E-state index >= 15 is 0 Å². The van der Waals surface area contributed by atoms with Crippen molar-refractivity contribution < 1.29 is 9.47 Å². The van der Waals surface area contributed by atoms with Gasteiger partial charge in [0, 0.05) is 10.1 Å². The second-order valence-corrected chi connectivity index (χ2v) is 4.81. The van der Waals surface area contributed by atoms with Crippen LogP contribution in [0.3, 0.4) is 0 Å². The molecule has 4 heteroatoms. The molecule has 0 amide bonds. The van der Waals surface area contributed by atoms with Crippen LogP contribution in [0.2, 0.25) is 0 Å². The molecule has 0 spiro atoms. The van der Waals surface area contributed by atoms with Gasteiger partial charge in [0.25, 0.3) is 0 Å². The minimum atomic E-state index is 0.343. The number of hydrogen-bond donors (Lipinski definition) is 0. The standard InChI is InChI=1S/C9H8O2S2/c1-2-12-9-7(5-13-8(1)9)11-4-6-3-10-6/h1-2,5-6H,3-4H2. The molecule has 3 heterocycles. The van der Waals surface area contributed by atoms with Crippen LogP contribution in [0.5, 0.6) is 5.75 Å². The summed E-state index contributed by atoms with van der Waals surface area (Å²) in [5.41, 5.74) is 0. The van der Waals surface area contributed by atoms with Gasteiger partial charge >= 0.3 is 0 Å². The van der Waals surface area contributed by atoms with Crippen molar-refractivity contribution in [1.29, 1.82) is 0 Å². The summed E-state index contributed by atoms with van der Waals surface area (Å²) in [6.45, 7) is 1.56. The molecule has 0 saturated carbocycles. The maximum Gasteiger partial charge on any atom is 0.147 e. The Bertz CT molecular complexity index is 414. The van der Waals surface area contributed by atoms with Crippen LogP contribution in [0.15, 0.2) is 16.8 Å². The smallest absolute Gasteiger partial charge is 0.147 e. The van der Waals surface area contributed by atoms with Gasteiger partial charge in [-0.1, -0.05) is 0 Å². The number of hydrogen-bond acceptors (Lipinski definition) is 4. The van der Waals surface area contributed by atoms with Crippen molar-refractivity contribution in [3.63, 3.8) is 0 Å². The predicted molar refractivity (Wildman–Crippen MR) is 54.9 cm³/mol. The van der Waals surface area contributed by atoms with E-state index in [1.807, 2.05) is 0 Å². The molecule has 1 atom stereocenters. The van der Waals surface area contributed by atoms with E-state index in [0.717, 1.165) is 12.4 Å². The molecule has 0 bridgehead atoms. The number of fused-ring (bicyclic) bond motifs is 1. The van der Waals surface area contributed by atoms with Gasteiger partial charge in [-0.25, -0.2) is 0 Å². The Morgan fingerprint density at radius 1 is 1.54 bits per heavy atom. The van der Waals surface area contributed by atoms with Gasteiger partial charge in [0.2, 0.25) is 0 Å². The van der Waals surface area contributed by atoms with E-state index in [2.05, 4.69) is 16.8 Å². The number of rotatable bonds is 3. The maximum atomic E-state index is 5.64. The van der Waals surface area contributed by atoms with E-state index in [0.29, 0.717) is 12.7 Å². The molecule has 1 saturated heterocycles. The molecule has 0 N–H and O–H groups in total. The second-order valence-electron chi connectivity index (χ2n) is 2.98. The molecule has 0 aliphatic carbocycles. The largest absolute Gasteiger partial charge is 0.488 e. The van der Waals surface area contributed by atoms with Gasteiger partial charge in [-0.2, -0.15) is 0 Å². The van der Waals surface area contributed by atoms with Crippen LogP contribution in [-0.4, -0.2) is 19.3 Å². The minimum Gasteiger partial charge on any atom is -0.488 e. The molecule has 2 aromatic heterocycles. The Balaban J connectivity index is 1.83. The zero-order chi connectivity index (χ0) is 8.67. The molecular formula is C9H8O2S2. The summed E-state index contributed by atoms with van der Waals surface area (Å²) in [5, 5.41) is 4.17. The molecular weight excluding hydrogens is 204 g/mol. The van der Waals surface area contributed by atoms with Crippen LogP contribution >= 0.6 is 22.7 Å². The Kier molecular flexibility index (Phi) is 1.78. The SMILES string of the molecule is c1cc2scc(OCC3CO3)c2s1. The molecule has 1 fully saturated rings. The van der Waals surface area contributed by atoms with Crippen LogP contribution < -0.4 is 4.74 Å². The molecule has 1 aliphatic rings. The first-order valence-electron chi connectivity index (χ1n) is 4.12. The monoisotopic (exact) mass is 212 g/mol. The average molecular weight is 212 g/mol. The third kappa shape index (κ3) is 1.45. The third-order valence-corrected chi connectivity index (χ3v) is 3.96. The molecule has 0 radical (unpaired) electrons. The van der Waals surface area contributed by atoms with Crippen LogP contribution in [0.1, 0.15) is 0 Å². The normalized spacial score (nSPS) is 20.8. The summed E-state index contributed by atoms with van der Waals surface area (Å²) in [7, 11) is 0. The summed E-state index contributed by atoms with van der Waals surface area (Å²) < 4.78 is 13.3. The van der Waals surface area contributed by atoms with Crippen LogP contribution in [0.4, 0.5) is 0 Å². The summed E-state index contributed by atoms with van der Waals surface area (Å²) in [6, 6.07) is 2.13. The number of thiophene rings is 2. The van der Waals surface area contributed by atoms with Gasteiger partial charge in [-0.3, -0.25) is 0 Å². The van der Waals surface area contributed by atoms with Crippen molar-refractivity contribution in [2.45, 2.75) is 6.10 Å². The lowest BCUT2D eigenvalue weighted by molar-refractivity contribution is 0.266. The predicted octanol–water partition coefficient (Wildman–Crippen LogP) is 2.74. The van der Waals surface area contributed by atoms with Crippen LogP contribution in [0.25, 0.3) is 9.40 Å². The lowest BCUT2D eigenvalue weighted by Gasteiger charge is -1.99. The average Bonchev–Trinajstić information content (AvgIpc) is 2.72. The fourth-order valence-corrected chi connectivity index (χ4v) is 3.17. The second kappa shape index (κ2) is 2.97. The summed E-state index contributed by atoms with van der Waals surface area (Å²) in [5.74, 6) is 1.02. The molecule has 1 unspecified atom stereocenters. The molecule has 3 rings (SSSR count). The molecule has 68 valence electrons. The first kappa shape index (κ1) is 7.79. The third-order valence-electron chi connectivity index (χ3n) is 1.97. The first-order chi connectivity index (χ1) is 6.43. The van der Waals surface area contributed by atoms with E-state index in [4.69, 9.17) is 9.47 Å². The van der Waals surface area contributed by atoms with E-state index in [1.165, 1.54) is 9.40 Å². The Morgan fingerprint density at radius 2 is 2.46 bits per heavy atom. The highest BCUT2D eigenvalue weighted by molar-refractivity contribution is 7.26. The van der Waals surface area contributed by atoms with Gasteiger partial charge in [0.15, 0.2) is 0 Å². The van der Waals surface area contributed by atoms with Crippen LogP contribution in [-0.2, 0) is 4.74 Å².